The fourth-order valence-electron chi connectivity index (χ4n) is 1.26. The Labute approximate surface area is 108 Å². The van der Waals surface area contributed by atoms with Gasteiger partial charge in [0.15, 0.2) is 0 Å². The summed E-state index contributed by atoms with van der Waals surface area (Å²) in [6.45, 7) is 0. The van der Waals surface area contributed by atoms with E-state index in [-0.39, 0.29) is 15.8 Å². The highest BCUT2D eigenvalue weighted by Gasteiger charge is 2.62. The van der Waals surface area contributed by atoms with E-state index in [1.165, 1.54) is 19.2 Å². The number of rotatable bonds is 3. The number of alkyl halides is 5. The predicted octanol–water partition coefficient (Wildman–Crippen LogP) is 3.66. The fourth-order valence-corrected chi connectivity index (χ4v) is 1.75. The van der Waals surface area contributed by atoms with Crippen molar-refractivity contribution in [1.29, 1.82) is 0 Å². The van der Waals surface area contributed by atoms with Gasteiger partial charge >= 0.3 is 12.1 Å². The van der Waals surface area contributed by atoms with E-state index < -0.39 is 18.1 Å². The molecule has 0 aliphatic rings. The van der Waals surface area contributed by atoms with Crippen LogP contribution in [-0.2, 0) is 0 Å². The number of hydrogen-bond acceptors (Lipinski definition) is 2. The largest absolute Gasteiger partial charge is 0.497 e. The van der Waals surface area contributed by atoms with E-state index in [1.807, 2.05) is 0 Å². The lowest BCUT2D eigenvalue weighted by Gasteiger charge is -2.26. The quantitative estimate of drug-likeness (QED) is 0.857. The second kappa shape index (κ2) is 5.00. The second-order valence-corrected chi connectivity index (χ2v) is 4.34. The first-order valence-corrected chi connectivity index (χ1v) is 5.44. The van der Waals surface area contributed by atoms with Crippen molar-refractivity contribution in [3.05, 3.63) is 28.2 Å². The Morgan fingerprint density at radius 3 is 2.22 bits per heavy atom. The highest BCUT2D eigenvalue weighted by atomic mass is 79.9. The predicted molar refractivity (Wildman–Crippen MR) is 58.6 cm³/mol. The Morgan fingerprint density at radius 1 is 1.22 bits per heavy atom. The summed E-state index contributed by atoms with van der Waals surface area (Å²) in [7, 11) is 1.26. The minimum Gasteiger partial charge on any atom is -0.497 e. The molecule has 1 aromatic carbocycles. The number of halogens is 6. The van der Waals surface area contributed by atoms with Gasteiger partial charge in [-0.05, 0) is 23.8 Å². The van der Waals surface area contributed by atoms with Gasteiger partial charge < -0.3 is 10.5 Å². The van der Waals surface area contributed by atoms with Crippen LogP contribution in [-0.4, -0.2) is 19.2 Å². The summed E-state index contributed by atoms with van der Waals surface area (Å²) in [5, 5.41) is 0. The Morgan fingerprint density at radius 2 is 1.78 bits per heavy atom. The van der Waals surface area contributed by atoms with Gasteiger partial charge in [-0.2, -0.15) is 22.0 Å². The molecule has 2 N–H and O–H groups in total. The fraction of sp³-hybridized carbons (Fsp3) is 0.400. The van der Waals surface area contributed by atoms with Gasteiger partial charge in [0.2, 0.25) is 0 Å². The van der Waals surface area contributed by atoms with Crippen molar-refractivity contribution in [2.75, 3.05) is 7.11 Å². The lowest BCUT2D eigenvalue weighted by molar-refractivity contribution is -0.291. The van der Waals surface area contributed by atoms with E-state index in [4.69, 9.17) is 10.5 Å². The van der Waals surface area contributed by atoms with Gasteiger partial charge in [0, 0.05) is 4.47 Å². The van der Waals surface area contributed by atoms with E-state index in [2.05, 4.69) is 15.9 Å². The average Bonchev–Trinajstić information content (AvgIpc) is 2.27. The maximum absolute atomic E-state index is 13.1. The number of hydrogen-bond donors (Lipinski definition) is 1. The van der Waals surface area contributed by atoms with Crippen LogP contribution in [0, 0.1) is 0 Å². The molecule has 0 fully saturated rings. The minimum atomic E-state index is -5.71. The van der Waals surface area contributed by atoms with Crippen LogP contribution in [0.2, 0.25) is 0 Å². The molecule has 102 valence electrons. The standard InChI is InChI=1S/C10H9BrF5NO/c1-18-5-2-3-7(11)6(4-5)8(17)9(12,13)10(14,15)16/h2-4,8H,17H2,1H3/t8-/m0/s1. The van der Waals surface area contributed by atoms with Crippen molar-refractivity contribution in [3.8, 4) is 5.75 Å². The summed E-state index contributed by atoms with van der Waals surface area (Å²) in [6, 6.07) is 1.22. The third-order valence-electron chi connectivity index (χ3n) is 2.31. The lowest BCUT2D eigenvalue weighted by atomic mass is 10.0. The van der Waals surface area contributed by atoms with Gasteiger partial charge in [0.25, 0.3) is 0 Å². The number of methoxy groups -OCH3 is 1. The number of nitrogens with two attached hydrogens (primary N) is 1. The van der Waals surface area contributed by atoms with E-state index in [0.717, 1.165) is 6.07 Å². The zero-order valence-corrected chi connectivity index (χ0v) is 10.6. The zero-order valence-electron chi connectivity index (χ0n) is 9.06. The molecule has 1 aromatic rings. The van der Waals surface area contributed by atoms with E-state index in [1.54, 1.807) is 0 Å². The maximum atomic E-state index is 13.1. The van der Waals surface area contributed by atoms with Crippen molar-refractivity contribution in [2.45, 2.75) is 18.1 Å². The summed E-state index contributed by atoms with van der Waals surface area (Å²) in [5.41, 5.74) is 4.65. The molecule has 0 saturated carbocycles. The van der Waals surface area contributed by atoms with Crippen LogP contribution in [0.25, 0.3) is 0 Å². The molecular weight excluding hydrogens is 325 g/mol. The molecule has 1 rings (SSSR count). The zero-order chi connectivity index (χ0) is 14.1. The smallest absolute Gasteiger partial charge is 0.455 e. The number of benzene rings is 1. The van der Waals surface area contributed by atoms with E-state index >= 15 is 0 Å². The summed E-state index contributed by atoms with van der Waals surface area (Å²) in [4.78, 5) is 0. The molecule has 0 spiro atoms. The first-order chi connectivity index (χ1) is 8.11. The van der Waals surface area contributed by atoms with Crippen LogP contribution in [0.1, 0.15) is 11.6 Å². The molecule has 2 nitrogen and oxygen atoms in total. The first kappa shape index (κ1) is 15.2. The normalized spacial score (nSPS) is 14.4. The summed E-state index contributed by atoms with van der Waals surface area (Å²) >= 11 is 2.88. The average molecular weight is 334 g/mol. The van der Waals surface area contributed by atoms with Gasteiger partial charge in [-0.25, -0.2) is 0 Å². The molecular formula is C10H9BrF5NO. The maximum Gasteiger partial charge on any atom is 0.455 e. The van der Waals surface area contributed by atoms with Crippen molar-refractivity contribution >= 4 is 15.9 Å². The first-order valence-electron chi connectivity index (χ1n) is 4.64. The van der Waals surface area contributed by atoms with Gasteiger partial charge in [0.05, 0.1) is 7.11 Å². The Kier molecular flexibility index (Phi) is 4.22. The van der Waals surface area contributed by atoms with Crippen LogP contribution in [0.15, 0.2) is 22.7 Å². The summed E-state index contributed by atoms with van der Waals surface area (Å²) in [6.07, 6.45) is -5.71. The van der Waals surface area contributed by atoms with Crippen LogP contribution in [0.4, 0.5) is 22.0 Å². The van der Waals surface area contributed by atoms with Crippen molar-refractivity contribution in [1.82, 2.24) is 0 Å². The monoisotopic (exact) mass is 333 g/mol. The van der Waals surface area contributed by atoms with Gasteiger partial charge in [-0.15, -0.1) is 0 Å². The molecule has 1 atom stereocenters. The summed E-state index contributed by atoms with van der Waals surface area (Å²) < 4.78 is 67.7. The third-order valence-corrected chi connectivity index (χ3v) is 3.03. The third kappa shape index (κ3) is 2.74. The highest BCUT2D eigenvalue weighted by molar-refractivity contribution is 9.10. The molecule has 0 radical (unpaired) electrons. The lowest BCUT2D eigenvalue weighted by Crippen LogP contribution is -2.46. The van der Waals surface area contributed by atoms with Gasteiger partial charge in [-0.1, -0.05) is 15.9 Å². The molecule has 0 aliphatic heterocycles. The van der Waals surface area contributed by atoms with E-state index in [9.17, 15) is 22.0 Å². The van der Waals surface area contributed by atoms with Crippen LogP contribution < -0.4 is 10.5 Å². The minimum absolute atomic E-state index is 0.0553. The van der Waals surface area contributed by atoms with Crippen molar-refractivity contribution in [2.24, 2.45) is 5.73 Å². The topological polar surface area (TPSA) is 35.2 Å². The summed E-state index contributed by atoms with van der Waals surface area (Å²) in [5.74, 6) is -4.89. The molecule has 0 aliphatic carbocycles. The second-order valence-electron chi connectivity index (χ2n) is 3.49. The molecule has 8 heteroatoms. The molecule has 0 unspecified atom stereocenters. The van der Waals surface area contributed by atoms with Crippen LogP contribution >= 0.6 is 15.9 Å². The van der Waals surface area contributed by atoms with Crippen molar-refractivity contribution in [3.63, 3.8) is 0 Å². The van der Waals surface area contributed by atoms with Crippen molar-refractivity contribution < 1.29 is 26.7 Å². The van der Waals surface area contributed by atoms with E-state index in [0.29, 0.717) is 0 Å². The van der Waals surface area contributed by atoms with Crippen LogP contribution in [0.5, 0.6) is 5.75 Å². The van der Waals surface area contributed by atoms with Gasteiger partial charge in [0.1, 0.15) is 11.8 Å². The number of ether oxygens (including phenoxy) is 1. The SMILES string of the molecule is COc1ccc(Br)c([C@H](N)C(F)(F)C(F)(F)F)c1. The Hall–Kier alpha value is -0.890. The highest BCUT2D eigenvalue weighted by Crippen LogP contribution is 2.45. The molecule has 0 heterocycles. The molecule has 0 amide bonds. The van der Waals surface area contributed by atoms with Crippen LogP contribution in [0.3, 0.4) is 0 Å². The Balaban J connectivity index is 3.22. The Bertz CT molecular complexity index is 435. The molecule has 18 heavy (non-hydrogen) atoms. The molecule has 0 saturated heterocycles. The molecule has 0 bridgehead atoms. The molecule has 0 aromatic heterocycles. The van der Waals surface area contributed by atoms with Gasteiger partial charge in [-0.3, -0.25) is 0 Å².